The van der Waals surface area contributed by atoms with E-state index in [1.54, 1.807) is 12.1 Å². The number of nitrogens with one attached hydrogen (secondary N) is 1. The number of benzene rings is 1. The lowest BCUT2D eigenvalue weighted by Crippen LogP contribution is -2.51. The van der Waals surface area contributed by atoms with E-state index in [9.17, 15) is 14.0 Å². The molecule has 1 aromatic carbocycles. The van der Waals surface area contributed by atoms with Crippen molar-refractivity contribution in [2.45, 2.75) is 24.8 Å². The predicted octanol–water partition coefficient (Wildman–Crippen LogP) is 1.59. The summed E-state index contributed by atoms with van der Waals surface area (Å²) in [6, 6.07) is 6.29. The summed E-state index contributed by atoms with van der Waals surface area (Å²) >= 11 is 1.41. The van der Waals surface area contributed by atoms with Crippen molar-refractivity contribution in [3.05, 3.63) is 30.1 Å². The van der Waals surface area contributed by atoms with E-state index in [4.69, 9.17) is 0 Å². The summed E-state index contributed by atoms with van der Waals surface area (Å²) in [5, 5.41) is 2.88. The van der Waals surface area contributed by atoms with Gasteiger partial charge in [-0.3, -0.25) is 14.5 Å². The van der Waals surface area contributed by atoms with Crippen LogP contribution in [0.2, 0.25) is 0 Å². The van der Waals surface area contributed by atoms with Gasteiger partial charge >= 0.3 is 0 Å². The molecule has 0 radical (unpaired) electrons. The Bertz CT molecular complexity index is 557. The maximum Gasteiger partial charge on any atom is 0.234 e. The van der Waals surface area contributed by atoms with E-state index in [1.807, 2.05) is 18.7 Å². The van der Waals surface area contributed by atoms with Crippen LogP contribution < -0.4 is 5.32 Å². The number of rotatable bonds is 6. The lowest BCUT2D eigenvalue weighted by Gasteiger charge is -2.34. The Labute approximate surface area is 146 Å². The summed E-state index contributed by atoms with van der Waals surface area (Å²) in [5.74, 6) is 0.176. The maximum atomic E-state index is 12.9. The van der Waals surface area contributed by atoms with Gasteiger partial charge in [-0.25, -0.2) is 4.39 Å². The molecule has 7 heteroatoms. The quantitative estimate of drug-likeness (QED) is 0.789. The van der Waals surface area contributed by atoms with Crippen molar-refractivity contribution in [1.82, 2.24) is 15.1 Å². The maximum absolute atomic E-state index is 12.9. The van der Waals surface area contributed by atoms with Crippen LogP contribution >= 0.6 is 11.8 Å². The molecule has 24 heavy (non-hydrogen) atoms. The molecule has 1 aliphatic heterocycles. The average Bonchev–Trinajstić information content (AvgIpc) is 2.54. The summed E-state index contributed by atoms with van der Waals surface area (Å²) in [5.41, 5.74) is 0. The van der Waals surface area contributed by atoms with Gasteiger partial charge in [-0.05, 0) is 38.1 Å². The molecule has 0 unspecified atom stereocenters. The van der Waals surface area contributed by atoms with E-state index < -0.39 is 0 Å². The van der Waals surface area contributed by atoms with Gasteiger partial charge in [-0.15, -0.1) is 11.8 Å². The molecule has 2 amide bonds. The molecule has 0 bridgehead atoms. The first kappa shape index (κ1) is 18.7. The number of nitrogens with zero attached hydrogens (tertiary/aromatic N) is 2. The predicted molar refractivity (Wildman–Crippen MR) is 93.4 cm³/mol. The molecule has 1 aromatic rings. The number of hydrogen-bond donors (Lipinski definition) is 1. The van der Waals surface area contributed by atoms with E-state index in [-0.39, 0.29) is 23.7 Å². The third kappa shape index (κ3) is 6.13. The second-order valence-corrected chi connectivity index (χ2v) is 7.17. The Kier molecular flexibility index (Phi) is 7.05. The topological polar surface area (TPSA) is 52.7 Å². The van der Waals surface area contributed by atoms with Crippen molar-refractivity contribution < 1.29 is 14.0 Å². The molecule has 0 aromatic heterocycles. The lowest BCUT2D eigenvalue weighted by molar-refractivity contribution is -0.130. The molecule has 1 fully saturated rings. The largest absolute Gasteiger partial charge is 0.353 e. The molecular weight excluding hydrogens is 329 g/mol. The lowest BCUT2D eigenvalue weighted by atomic mass is 10.3. The van der Waals surface area contributed by atoms with Crippen molar-refractivity contribution in [1.29, 1.82) is 0 Å². The number of carbonyl (C=O) groups is 2. The van der Waals surface area contributed by atoms with Gasteiger partial charge in [0.2, 0.25) is 11.8 Å². The van der Waals surface area contributed by atoms with Crippen molar-refractivity contribution >= 4 is 23.6 Å². The van der Waals surface area contributed by atoms with Crippen LogP contribution in [-0.4, -0.2) is 66.1 Å². The zero-order valence-electron chi connectivity index (χ0n) is 14.1. The minimum Gasteiger partial charge on any atom is -0.353 e. The van der Waals surface area contributed by atoms with Crippen LogP contribution in [0.25, 0.3) is 0 Å². The van der Waals surface area contributed by atoms with Gasteiger partial charge < -0.3 is 10.2 Å². The van der Waals surface area contributed by atoms with Crippen LogP contribution in [0.4, 0.5) is 4.39 Å². The Morgan fingerprint density at radius 3 is 2.38 bits per heavy atom. The van der Waals surface area contributed by atoms with E-state index in [0.717, 1.165) is 4.90 Å². The highest BCUT2D eigenvalue weighted by molar-refractivity contribution is 8.00. The molecular formula is C17H24FN3O2S. The number of thioether (sulfide) groups is 1. The number of piperazine rings is 1. The molecule has 1 N–H and O–H groups in total. The van der Waals surface area contributed by atoms with Gasteiger partial charge in [0.25, 0.3) is 0 Å². The third-order valence-electron chi connectivity index (χ3n) is 3.72. The van der Waals surface area contributed by atoms with Gasteiger partial charge in [0.1, 0.15) is 5.82 Å². The van der Waals surface area contributed by atoms with Gasteiger partial charge in [0.05, 0.1) is 12.3 Å². The van der Waals surface area contributed by atoms with E-state index in [2.05, 4.69) is 10.2 Å². The fourth-order valence-corrected chi connectivity index (χ4v) is 3.29. The summed E-state index contributed by atoms with van der Waals surface area (Å²) in [6.07, 6.45) is 0. The van der Waals surface area contributed by atoms with Crippen LogP contribution in [0.15, 0.2) is 29.2 Å². The Morgan fingerprint density at radius 1 is 1.17 bits per heavy atom. The molecule has 1 aliphatic rings. The van der Waals surface area contributed by atoms with E-state index in [1.165, 1.54) is 23.9 Å². The number of carbonyl (C=O) groups excluding carboxylic acids is 2. The Hall–Kier alpha value is -1.60. The van der Waals surface area contributed by atoms with Crippen molar-refractivity contribution in [2.75, 3.05) is 38.5 Å². The molecule has 0 saturated carbocycles. The highest BCUT2D eigenvalue weighted by Crippen LogP contribution is 2.18. The highest BCUT2D eigenvalue weighted by atomic mass is 32.2. The molecule has 0 aliphatic carbocycles. The number of hydrogen-bond acceptors (Lipinski definition) is 4. The molecule has 132 valence electrons. The minimum atomic E-state index is -0.275. The molecule has 2 rings (SSSR count). The van der Waals surface area contributed by atoms with Crippen LogP contribution in [0.5, 0.6) is 0 Å². The van der Waals surface area contributed by atoms with Crippen molar-refractivity contribution in [3.63, 3.8) is 0 Å². The smallest absolute Gasteiger partial charge is 0.234 e. The fraction of sp³-hybridized carbons (Fsp3) is 0.529. The fourth-order valence-electron chi connectivity index (χ4n) is 2.49. The van der Waals surface area contributed by atoms with Crippen molar-refractivity contribution in [3.8, 4) is 0 Å². The second kappa shape index (κ2) is 9.03. The third-order valence-corrected chi connectivity index (χ3v) is 4.71. The molecule has 0 atom stereocenters. The van der Waals surface area contributed by atoms with Crippen LogP contribution in [0.3, 0.4) is 0 Å². The zero-order chi connectivity index (χ0) is 17.5. The first-order chi connectivity index (χ1) is 11.4. The van der Waals surface area contributed by atoms with Gasteiger partial charge in [-0.2, -0.15) is 0 Å². The normalized spacial score (nSPS) is 15.6. The van der Waals surface area contributed by atoms with Gasteiger partial charge in [0, 0.05) is 37.1 Å². The van der Waals surface area contributed by atoms with Gasteiger partial charge in [-0.1, -0.05) is 0 Å². The first-order valence-corrected chi connectivity index (χ1v) is 9.10. The second-order valence-electron chi connectivity index (χ2n) is 6.12. The zero-order valence-corrected chi connectivity index (χ0v) is 14.9. The molecule has 1 saturated heterocycles. The van der Waals surface area contributed by atoms with Crippen molar-refractivity contribution in [2.24, 2.45) is 0 Å². The standard InChI is InChI=1S/C17H24FN3O2S/c1-13(2)19-16(22)11-20-7-9-21(10-8-20)17(23)12-24-15-5-3-14(18)4-6-15/h3-6,13H,7-12H2,1-2H3,(H,19,22). The number of amides is 2. The summed E-state index contributed by atoms with van der Waals surface area (Å²) in [7, 11) is 0. The summed E-state index contributed by atoms with van der Waals surface area (Å²) in [6.45, 7) is 6.94. The van der Waals surface area contributed by atoms with Gasteiger partial charge in [0.15, 0.2) is 0 Å². The van der Waals surface area contributed by atoms with E-state index >= 15 is 0 Å². The first-order valence-electron chi connectivity index (χ1n) is 8.12. The molecule has 1 heterocycles. The number of halogens is 1. The SMILES string of the molecule is CC(C)NC(=O)CN1CCN(C(=O)CSc2ccc(F)cc2)CC1. The monoisotopic (exact) mass is 353 g/mol. The summed E-state index contributed by atoms with van der Waals surface area (Å²) in [4.78, 5) is 28.8. The van der Waals surface area contributed by atoms with Crippen LogP contribution in [0, 0.1) is 5.82 Å². The molecule has 5 nitrogen and oxygen atoms in total. The summed E-state index contributed by atoms with van der Waals surface area (Å²) < 4.78 is 12.9. The van der Waals surface area contributed by atoms with E-state index in [0.29, 0.717) is 38.5 Å². The minimum absolute atomic E-state index is 0.0247. The average molecular weight is 353 g/mol. The Morgan fingerprint density at radius 2 is 1.79 bits per heavy atom. The van der Waals surface area contributed by atoms with Crippen LogP contribution in [0.1, 0.15) is 13.8 Å². The van der Waals surface area contributed by atoms with Crippen LogP contribution in [-0.2, 0) is 9.59 Å². The Balaban J connectivity index is 1.70. The highest BCUT2D eigenvalue weighted by Gasteiger charge is 2.22. The molecule has 0 spiro atoms.